The summed E-state index contributed by atoms with van der Waals surface area (Å²) in [7, 11) is 3.79. The average molecular weight is 271 g/mol. The Kier molecular flexibility index (Phi) is 5.18. The maximum absolute atomic E-state index is 4.49. The van der Waals surface area contributed by atoms with E-state index in [1.807, 2.05) is 30.9 Å². The van der Waals surface area contributed by atoms with Gasteiger partial charge in [-0.2, -0.15) is 9.97 Å². The second-order valence-corrected chi connectivity index (χ2v) is 3.86. The first kappa shape index (κ1) is 14.5. The molecule has 0 unspecified atom stereocenters. The molecule has 0 saturated carbocycles. The zero-order valence-electron chi connectivity index (χ0n) is 10.8. The topological polar surface area (TPSA) is 66.8 Å². The summed E-state index contributed by atoms with van der Waals surface area (Å²) in [5.74, 6) is 1.44. The lowest BCUT2D eigenvalue weighted by Gasteiger charge is -2.09. The van der Waals surface area contributed by atoms with Gasteiger partial charge in [0.15, 0.2) is 5.82 Å². The first-order valence-corrected chi connectivity index (χ1v) is 5.76. The number of nitrogens with zero attached hydrogens (tertiary/aromatic N) is 3. The Morgan fingerprint density at radius 1 is 1.33 bits per heavy atom. The van der Waals surface area contributed by atoms with Crippen molar-refractivity contribution in [2.45, 2.75) is 13.3 Å². The molecule has 0 atom stereocenters. The van der Waals surface area contributed by atoms with Crippen molar-refractivity contribution in [2.24, 2.45) is 7.05 Å². The first-order valence-electron chi connectivity index (χ1n) is 5.76. The number of hydrogen-bond acceptors (Lipinski definition) is 5. The van der Waals surface area contributed by atoms with Crippen LogP contribution in [0.2, 0.25) is 0 Å². The van der Waals surface area contributed by atoms with Crippen molar-refractivity contribution in [2.75, 3.05) is 24.3 Å². The summed E-state index contributed by atoms with van der Waals surface area (Å²) in [5.41, 5.74) is 6.83. The highest BCUT2D eigenvalue weighted by atomic mass is 35.5. The number of fused-ring (bicyclic) bond motifs is 1. The Morgan fingerprint density at radius 3 is 2.78 bits per heavy atom. The lowest BCUT2D eigenvalue weighted by Crippen LogP contribution is -2.17. The molecular formula is C11H19ClN6. The molecule has 0 amide bonds. The fourth-order valence-corrected chi connectivity index (χ4v) is 1.67. The van der Waals surface area contributed by atoms with E-state index in [4.69, 9.17) is 0 Å². The van der Waals surface area contributed by atoms with E-state index < -0.39 is 0 Å². The summed E-state index contributed by atoms with van der Waals surface area (Å²) in [4.78, 5) is 8.92. The Balaban J connectivity index is 0.00000162. The van der Waals surface area contributed by atoms with Crippen LogP contribution in [0.15, 0.2) is 12.3 Å². The predicted molar refractivity (Wildman–Crippen MR) is 77.2 cm³/mol. The highest BCUT2D eigenvalue weighted by Gasteiger charge is 2.09. The fraction of sp³-hybridized carbons (Fsp3) is 0.455. The number of anilines is 2. The minimum atomic E-state index is 0. The van der Waals surface area contributed by atoms with Crippen LogP contribution in [0, 0.1) is 0 Å². The smallest absolute Gasteiger partial charge is 0.226 e. The maximum atomic E-state index is 4.49. The molecule has 0 aliphatic rings. The van der Waals surface area contributed by atoms with Gasteiger partial charge in [-0.05, 0) is 12.5 Å². The molecule has 0 fully saturated rings. The largest absolute Gasteiger partial charge is 0.354 e. The third-order valence-electron chi connectivity index (χ3n) is 2.50. The Bertz CT molecular complexity index is 509. The molecule has 100 valence electrons. The van der Waals surface area contributed by atoms with Gasteiger partial charge in [-0.15, -0.1) is 12.4 Å². The number of halogens is 1. The normalized spacial score (nSPS) is 10.2. The van der Waals surface area contributed by atoms with Gasteiger partial charge in [-0.25, -0.2) is 5.43 Å². The average Bonchev–Trinajstić information content (AvgIpc) is 2.69. The molecule has 7 heteroatoms. The Labute approximate surface area is 113 Å². The summed E-state index contributed by atoms with van der Waals surface area (Å²) in [6, 6.07) is 2.00. The Hall–Kier alpha value is -1.53. The molecule has 6 nitrogen and oxygen atoms in total. The molecule has 2 rings (SSSR count). The molecule has 0 bridgehead atoms. The van der Waals surface area contributed by atoms with Crippen molar-refractivity contribution in [3.05, 3.63) is 12.3 Å². The number of rotatable bonds is 5. The monoisotopic (exact) mass is 270 g/mol. The van der Waals surface area contributed by atoms with Crippen molar-refractivity contribution in [1.82, 2.24) is 20.0 Å². The van der Waals surface area contributed by atoms with Gasteiger partial charge < -0.3 is 15.3 Å². The van der Waals surface area contributed by atoms with Gasteiger partial charge in [0.05, 0.1) is 5.39 Å². The van der Waals surface area contributed by atoms with Crippen LogP contribution in [0.3, 0.4) is 0 Å². The van der Waals surface area contributed by atoms with Gasteiger partial charge in [0.1, 0.15) is 5.65 Å². The molecule has 2 aromatic heterocycles. The van der Waals surface area contributed by atoms with Crippen molar-refractivity contribution in [1.29, 1.82) is 0 Å². The molecule has 0 spiro atoms. The van der Waals surface area contributed by atoms with Crippen LogP contribution in [-0.4, -0.2) is 28.1 Å². The molecule has 0 aliphatic heterocycles. The number of hydrogen-bond donors (Lipinski definition) is 3. The van der Waals surface area contributed by atoms with Gasteiger partial charge in [0, 0.05) is 26.8 Å². The molecule has 0 aliphatic carbocycles. The fourth-order valence-electron chi connectivity index (χ4n) is 1.67. The van der Waals surface area contributed by atoms with E-state index in [0.29, 0.717) is 5.95 Å². The second kappa shape index (κ2) is 6.42. The third-order valence-corrected chi connectivity index (χ3v) is 2.50. The summed E-state index contributed by atoms with van der Waals surface area (Å²) in [6.45, 7) is 2.98. The molecule has 2 heterocycles. The number of aromatic nitrogens is 3. The standard InChI is InChI=1S/C11H18N6.ClH/c1-4-6-13-11-14-9(16-12-2)8-5-7-17(3)10(8)15-11;/h5,7,12H,4,6H2,1-3H3,(H2,13,14,15,16);1H. The predicted octanol–water partition coefficient (Wildman–Crippen LogP) is 1.76. The van der Waals surface area contributed by atoms with Crippen molar-refractivity contribution in [3.63, 3.8) is 0 Å². The van der Waals surface area contributed by atoms with Crippen molar-refractivity contribution >= 4 is 35.2 Å². The molecule has 2 aromatic rings. The van der Waals surface area contributed by atoms with E-state index >= 15 is 0 Å². The SMILES string of the molecule is CCCNc1nc(NNC)c2ccn(C)c2n1.Cl. The van der Waals surface area contributed by atoms with Crippen LogP contribution in [0.1, 0.15) is 13.3 Å². The van der Waals surface area contributed by atoms with E-state index in [0.717, 1.165) is 29.8 Å². The van der Waals surface area contributed by atoms with Crippen molar-refractivity contribution in [3.8, 4) is 0 Å². The van der Waals surface area contributed by atoms with Gasteiger partial charge >= 0.3 is 0 Å². The molecule has 0 saturated heterocycles. The summed E-state index contributed by atoms with van der Waals surface area (Å²) >= 11 is 0. The van der Waals surface area contributed by atoms with Gasteiger partial charge in [-0.3, -0.25) is 0 Å². The first-order chi connectivity index (χ1) is 8.26. The van der Waals surface area contributed by atoms with E-state index in [1.165, 1.54) is 0 Å². The highest BCUT2D eigenvalue weighted by Crippen LogP contribution is 2.21. The third kappa shape index (κ3) is 2.83. The quantitative estimate of drug-likeness (QED) is 0.723. The number of nitrogens with one attached hydrogen (secondary N) is 3. The summed E-state index contributed by atoms with van der Waals surface area (Å²) in [6.07, 6.45) is 3.02. The zero-order valence-corrected chi connectivity index (χ0v) is 11.6. The van der Waals surface area contributed by atoms with Crippen LogP contribution in [0.5, 0.6) is 0 Å². The van der Waals surface area contributed by atoms with Crippen LogP contribution in [0.25, 0.3) is 11.0 Å². The molecule has 18 heavy (non-hydrogen) atoms. The highest BCUT2D eigenvalue weighted by molar-refractivity contribution is 5.88. The van der Waals surface area contributed by atoms with E-state index in [2.05, 4.69) is 33.1 Å². The van der Waals surface area contributed by atoms with Crippen LogP contribution < -0.4 is 16.2 Å². The minimum Gasteiger partial charge on any atom is -0.354 e. The van der Waals surface area contributed by atoms with Crippen LogP contribution in [-0.2, 0) is 7.05 Å². The lowest BCUT2D eigenvalue weighted by atomic mass is 10.4. The van der Waals surface area contributed by atoms with E-state index in [1.54, 1.807) is 0 Å². The van der Waals surface area contributed by atoms with Crippen LogP contribution >= 0.6 is 12.4 Å². The number of aryl methyl sites for hydroxylation is 1. The molecule has 3 N–H and O–H groups in total. The number of hydrazine groups is 1. The summed E-state index contributed by atoms with van der Waals surface area (Å²) in [5, 5.41) is 4.20. The molecular weight excluding hydrogens is 252 g/mol. The van der Waals surface area contributed by atoms with Crippen LogP contribution in [0.4, 0.5) is 11.8 Å². The van der Waals surface area contributed by atoms with E-state index in [-0.39, 0.29) is 12.4 Å². The summed E-state index contributed by atoms with van der Waals surface area (Å²) < 4.78 is 1.98. The van der Waals surface area contributed by atoms with E-state index in [9.17, 15) is 0 Å². The molecule has 0 radical (unpaired) electrons. The second-order valence-electron chi connectivity index (χ2n) is 3.86. The van der Waals surface area contributed by atoms with Crippen molar-refractivity contribution < 1.29 is 0 Å². The van der Waals surface area contributed by atoms with Gasteiger partial charge in [0.25, 0.3) is 0 Å². The lowest BCUT2D eigenvalue weighted by molar-refractivity contribution is 0.919. The maximum Gasteiger partial charge on any atom is 0.226 e. The Morgan fingerprint density at radius 2 is 2.11 bits per heavy atom. The zero-order chi connectivity index (χ0) is 12.3. The van der Waals surface area contributed by atoms with Gasteiger partial charge in [-0.1, -0.05) is 6.92 Å². The van der Waals surface area contributed by atoms with Gasteiger partial charge in [0.2, 0.25) is 5.95 Å². The molecule has 0 aromatic carbocycles. The minimum absolute atomic E-state index is 0.